The van der Waals surface area contributed by atoms with Gasteiger partial charge in [-0.25, -0.2) is 0 Å². The second-order valence-electron chi connectivity index (χ2n) is 5.25. The van der Waals surface area contributed by atoms with E-state index in [0.29, 0.717) is 11.5 Å². The van der Waals surface area contributed by atoms with Gasteiger partial charge in [0.1, 0.15) is 0 Å². The summed E-state index contributed by atoms with van der Waals surface area (Å²) in [6.45, 7) is 2.92. The fraction of sp³-hybridized carbons (Fsp3) is 0.412. The summed E-state index contributed by atoms with van der Waals surface area (Å²) in [6.07, 6.45) is 5.15. The standard InChI is InChI=1S/C17H21BrN2O/c1-2-4-13(8-9-18)12-20-17(21)15-6-7-16-14(11-15)5-3-10-19-16/h3,5-7,10-11,13H,2,4,8-9,12H2,1H3,(H,20,21). The molecule has 0 aliphatic carbocycles. The normalized spacial score (nSPS) is 12.3. The van der Waals surface area contributed by atoms with Gasteiger partial charge in [-0.1, -0.05) is 35.3 Å². The molecule has 4 heteroatoms. The minimum Gasteiger partial charge on any atom is -0.352 e. The van der Waals surface area contributed by atoms with Gasteiger partial charge in [0.2, 0.25) is 0 Å². The summed E-state index contributed by atoms with van der Waals surface area (Å²) in [6, 6.07) is 9.49. The highest BCUT2D eigenvalue weighted by Gasteiger charge is 2.11. The molecule has 1 atom stereocenters. The van der Waals surface area contributed by atoms with Crippen LogP contribution in [0.3, 0.4) is 0 Å². The van der Waals surface area contributed by atoms with E-state index in [1.807, 2.05) is 30.3 Å². The number of aromatic nitrogens is 1. The van der Waals surface area contributed by atoms with Crippen molar-refractivity contribution in [3.8, 4) is 0 Å². The molecule has 2 rings (SSSR count). The summed E-state index contributed by atoms with van der Waals surface area (Å²) in [5, 5.41) is 5.03. The van der Waals surface area contributed by atoms with Crippen molar-refractivity contribution in [2.24, 2.45) is 5.92 Å². The Hall–Kier alpha value is -1.42. The van der Waals surface area contributed by atoms with Crippen LogP contribution >= 0.6 is 15.9 Å². The first-order valence-electron chi connectivity index (χ1n) is 7.43. The Bertz CT molecular complexity index is 594. The van der Waals surface area contributed by atoms with Gasteiger partial charge in [0.05, 0.1) is 5.52 Å². The third-order valence-electron chi connectivity index (χ3n) is 3.63. The molecule has 0 fully saturated rings. The molecule has 2 aromatic rings. The van der Waals surface area contributed by atoms with E-state index >= 15 is 0 Å². The Morgan fingerprint density at radius 2 is 2.19 bits per heavy atom. The van der Waals surface area contributed by atoms with Crippen LogP contribution in [-0.2, 0) is 0 Å². The fourth-order valence-electron chi connectivity index (χ4n) is 2.47. The quantitative estimate of drug-likeness (QED) is 0.763. The van der Waals surface area contributed by atoms with Crippen molar-refractivity contribution in [2.75, 3.05) is 11.9 Å². The molecular weight excluding hydrogens is 328 g/mol. The van der Waals surface area contributed by atoms with Crippen LogP contribution in [0.4, 0.5) is 0 Å². The van der Waals surface area contributed by atoms with Crippen molar-refractivity contribution in [3.05, 3.63) is 42.1 Å². The summed E-state index contributed by atoms with van der Waals surface area (Å²) in [5.41, 5.74) is 1.61. The molecule has 0 radical (unpaired) electrons. The van der Waals surface area contributed by atoms with Crippen molar-refractivity contribution in [3.63, 3.8) is 0 Å². The smallest absolute Gasteiger partial charge is 0.251 e. The van der Waals surface area contributed by atoms with Crippen LogP contribution in [0.25, 0.3) is 10.9 Å². The highest BCUT2D eigenvalue weighted by Crippen LogP contribution is 2.14. The number of rotatable bonds is 7. The van der Waals surface area contributed by atoms with Gasteiger partial charge in [0, 0.05) is 29.0 Å². The molecule has 0 aliphatic heterocycles. The van der Waals surface area contributed by atoms with E-state index < -0.39 is 0 Å². The van der Waals surface area contributed by atoms with Gasteiger partial charge in [0.25, 0.3) is 5.91 Å². The Morgan fingerprint density at radius 1 is 1.33 bits per heavy atom. The number of alkyl halides is 1. The molecule has 0 spiro atoms. The van der Waals surface area contributed by atoms with Gasteiger partial charge in [0.15, 0.2) is 0 Å². The van der Waals surface area contributed by atoms with E-state index in [1.54, 1.807) is 6.20 Å². The van der Waals surface area contributed by atoms with Crippen LogP contribution in [0.1, 0.15) is 36.5 Å². The van der Waals surface area contributed by atoms with E-state index in [9.17, 15) is 4.79 Å². The van der Waals surface area contributed by atoms with E-state index in [1.165, 1.54) is 0 Å². The second kappa shape index (κ2) is 8.13. The van der Waals surface area contributed by atoms with Crippen LogP contribution in [0.5, 0.6) is 0 Å². The molecule has 1 unspecified atom stereocenters. The molecule has 1 heterocycles. The number of amides is 1. The van der Waals surface area contributed by atoms with Crippen molar-refractivity contribution in [1.82, 2.24) is 10.3 Å². The third-order valence-corrected chi connectivity index (χ3v) is 4.09. The number of hydrogen-bond donors (Lipinski definition) is 1. The maximum atomic E-state index is 12.3. The molecule has 0 bridgehead atoms. The number of carbonyl (C=O) groups excluding carboxylic acids is 1. The molecule has 0 saturated carbocycles. The predicted molar refractivity (Wildman–Crippen MR) is 90.9 cm³/mol. The molecule has 1 N–H and O–H groups in total. The van der Waals surface area contributed by atoms with Gasteiger partial charge in [-0.3, -0.25) is 9.78 Å². The molecular formula is C17H21BrN2O. The molecule has 0 saturated heterocycles. The second-order valence-corrected chi connectivity index (χ2v) is 6.05. The minimum absolute atomic E-state index is 0.00331. The first-order chi connectivity index (χ1) is 10.2. The lowest BCUT2D eigenvalue weighted by molar-refractivity contribution is 0.0946. The van der Waals surface area contributed by atoms with Gasteiger partial charge < -0.3 is 5.32 Å². The molecule has 1 aromatic heterocycles. The monoisotopic (exact) mass is 348 g/mol. The molecule has 1 aromatic carbocycles. The van der Waals surface area contributed by atoms with Gasteiger partial charge in [-0.2, -0.15) is 0 Å². The topological polar surface area (TPSA) is 42.0 Å². The van der Waals surface area contributed by atoms with Crippen molar-refractivity contribution in [1.29, 1.82) is 0 Å². The van der Waals surface area contributed by atoms with Crippen molar-refractivity contribution >= 4 is 32.7 Å². The van der Waals surface area contributed by atoms with E-state index in [2.05, 4.69) is 33.2 Å². The maximum Gasteiger partial charge on any atom is 0.251 e. The summed E-state index contributed by atoms with van der Waals surface area (Å²) < 4.78 is 0. The zero-order valence-electron chi connectivity index (χ0n) is 12.3. The number of nitrogens with zero attached hydrogens (tertiary/aromatic N) is 1. The lowest BCUT2D eigenvalue weighted by Crippen LogP contribution is -2.29. The first kappa shape index (κ1) is 16.0. The van der Waals surface area contributed by atoms with E-state index in [4.69, 9.17) is 0 Å². The van der Waals surface area contributed by atoms with E-state index in [0.717, 1.165) is 42.0 Å². The van der Waals surface area contributed by atoms with Crippen molar-refractivity contribution < 1.29 is 4.79 Å². The van der Waals surface area contributed by atoms with Gasteiger partial charge in [-0.05, 0) is 43.0 Å². The maximum absolute atomic E-state index is 12.3. The molecule has 0 aliphatic rings. The fourth-order valence-corrected chi connectivity index (χ4v) is 3.11. The van der Waals surface area contributed by atoms with Crippen LogP contribution in [0.2, 0.25) is 0 Å². The number of halogens is 1. The van der Waals surface area contributed by atoms with Crippen LogP contribution in [-0.4, -0.2) is 22.8 Å². The Morgan fingerprint density at radius 3 is 2.95 bits per heavy atom. The van der Waals surface area contributed by atoms with Crippen LogP contribution in [0, 0.1) is 5.92 Å². The zero-order chi connectivity index (χ0) is 15.1. The average molecular weight is 349 g/mol. The molecule has 112 valence electrons. The minimum atomic E-state index is -0.00331. The number of carbonyl (C=O) groups is 1. The molecule has 21 heavy (non-hydrogen) atoms. The average Bonchev–Trinajstić information content (AvgIpc) is 2.52. The predicted octanol–water partition coefficient (Wildman–Crippen LogP) is 4.17. The third kappa shape index (κ3) is 4.53. The SMILES string of the molecule is CCCC(CCBr)CNC(=O)c1ccc2ncccc2c1. The Labute approximate surface area is 134 Å². The van der Waals surface area contributed by atoms with Gasteiger partial charge in [-0.15, -0.1) is 0 Å². The van der Waals surface area contributed by atoms with Crippen LogP contribution in [0.15, 0.2) is 36.5 Å². The molecule has 1 amide bonds. The highest BCUT2D eigenvalue weighted by atomic mass is 79.9. The Kier molecular flexibility index (Phi) is 6.18. The largest absolute Gasteiger partial charge is 0.352 e. The van der Waals surface area contributed by atoms with Crippen LogP contribution < -0.4 is 5.32 Å². The number of nitrogens with one attached hydrogen (secondary N) is 1. The zero-order valence-corrected chi connectivity index (χ0v) is 13.9. The summed E-state index contributed by atoms with van der Waals surface area (Å²) in [5.74, 6) is 0.539. The highest BCUT2D eigenvalue weighted by molar-refractivity contribution is 9.09. The van der Waals surface area contributed by atoms with Gasteiger partial charge >= 0.3 is 0 Å². The Balaban J connectivity index is 2.01. The summed E-state index contributed by atoms with van der Waals surface area (Å²) in [4.78, 5) is 16.5. The number of fused-ring (bicyclic) bond motifs is 1. The number of hydrogen-bond acceptors (Lipinski definition) is 2. The van der Waals surface area contributed by atoms with Crippen molar-refractivity contribution in [2.45, 2.75) is 26.2 Å². The number of pyridine rings is 1. The lowest BCUT2D eigenvalue weighted by Gasteiger charge is -2.15. The first-order valence-corrected chi connectivity index (χ1v) is 8.55. The summed E-state index contributed by atoms with van der Waals surface area (Å²) >= 11 is 3.48. The summed E-state index contributed by atoms with van der Waals surface area (Å²) in [7, 11) is 0. The molecule has 3 nitrogen and oxygen atoms in total. The lowest BCUT2D eigenvalue weighted by atomic mass is 10.0. The van der Waals surface area contributed by atoms with E-state index in [-0.39, 0.29) is 5.91 Å². The number of benzene rings is 1.